The molecule has 0 aliphatic heterocycles. The van der Waals surface area contributed by atoms with Gasteiger partial charge < -0.3 is 15.3 Å². The molecule has 0 aliphatic rings. The number of aromatic hydroxyl groups is 2. The van der Waals surface area contributed by atoms with Crippen LogP contribution in [0.4, 0.5) is 0 Å². The third-order valence-corrected chi connectivity index (χ3v) is 7.15. The minimum absolute atomic E-state index is 0.178. The zero-order valence-corrected chi connectivity index (χ0v) is 22.1. The van der Waals surface area contributed by atoms with Crippen molar-refractivity contribution in [3.8, 4) is 11.5 Å². The van der Waals surface area contributed by atoms with E-state index in [-0.39, 0.29) is 11.5 Å². The minimum Gasteiger partial charge on any atom is -0.507 e. The fraction of sp³-hybridized carbons (Fsp3) is 0.724. The van der Waals surface area contributed by atoms with E-state index in [2.05, 4.69) is 27.7 Å². The Balaban J connectivity index is 2.44. The molecule has 0 fully saturated rings. The summed E-state index contributed by atoms with van der Waals surface area (Å²) < 4.78 is 0. The van der Waals surface area contributed by atoms with Crippen molar-refractivity contribution < 1.29 is 15.3 Å². The average molecular weight is 447 g/mol. The van der Waals surface area contributed by atoms with Gasteiger partial charge in [0.05, 0.1) is 5.60 Å². The largest absolute Gasteiger partial charge is 0.507 e. The second kappa shape index (κ2) is 13.3. The fourth-order valence-electron chi connectivity index (χ4n) is 4.48. The quantitative estimate of drug-likeness (QED) is 0.252. The first kappa shape index (κ1) is 28.6. The van der Waals surface area contributed by atoms with Crippen LogP contribution in [0.15, 0.2) is 6.08 Å². The summed E-state index contributed by atoms with van der Waals surface area (Å²) in [5.74, 6) is 2.72. The summed E-state index contributed by atoms with van der Waals surface area (Å²) in [5, 5.41) is 31.6. The summed E-state index contributed by atoms with van der Waals surface area (Å²) in [7, 11) is 0. The lowest BCUT2D eigenvalue weighted by molar-refractivity contribution is 0.0979. The third kappa shape index (κ3) is 9.57. The highest BCUT2D eigenvalue weighted by atomic mass is 16.3. The lowest BCUT2D eigenvalue weighted by Gasteiger charge is -2.21. The van der Waals surface area contributed by atoms with Crippen LogP contribution in [0.25, 0.3) is 6.08 Å². The molecule has 0 saturated heterocycles. The smallest absolute Gasteiger partial charge is 0.126 e. The molecule has 0 aliphatic carbocycles. The average Bonchev–Trinajstić information content (AvgIpc) is 2.70. The molecule has 1 aromatic carbocycles. The van der Waals surface area contributed by atoms with Gasteiger partial charge in [0.25, 0.3) is 0 Å². The summed E-state index contributed by atoms with van der Waals surface area (Å²) in [4.78, 5) is 0. The topological polar surface area (TPSA) is 60.7 Å². The van der Waals surface area contributed by atoms with Gasteiger partial charge in [-0.05, 0) is 63.0 Å². The molecule has 3 atom stereocenters. The Labute approximate surface area is 198 Å². The molecular formula is C29H50O3. The van der Waals surface area contributed by atoms with Gasteiger partial charge >= 0.3 is 0 Å². The molecular weight excluding hydrogens is 396 g/mol. The predicted molar refractivity (Wildman–Crippen MR) is 138 cm³/mol. The Morgan fingerprint density at radius 2 is 1.19 bits per heavy atom. The molecule has 0 bridgehead atoms. The second-order valence-electron chi connectivity index (χ2n) is 11.0. The van der Waals surface area contributed by atoms with Crippen LogP contribution in [0.3, 0.4) is 0 Å². The molecule has 3 nitrogen and oxygen atoms in total. The molecule has 1 rings (SSSR count). The third-order valence-electron chi connectivity index (χ3n) is 7.15. The number of rotatable bonds is 14. The molecule has 0 saturated carbocycles. The molecule has 0 heterocycles. The summed E-state index contributed by atoms with van der Waals surface area (Å²) in [6, 6.07) is 0. The number of benzene rings is 1. The maximum atomic E-state index is 10.8. The highest BCUT2D eigenvalue weighted by Gasteiger charge is 2.19. The Morgan fingerprint density at radius 3 is 1.72 bits per heavy atom. The lowest BCUT2D eigenvalue weighted by atomic mass is 9.89. The van der Waals surface area contributed by atoms with Crippen molar-refractivity contribution in [2.75, 3.05) is 0 Å². The standard InChI is InChI=1S/C29H50O3/c1-20(2)12-9-13-21(3)14-10-15-22(4)16-11-18-29(8,32)19-17-26-25(7)27(30)23(5)24(6)28(26)31/h17,19-22,30-32H,9-16,18H2,1-8H3. The van der Waals surface area contributed by atoms with Crippen molar-refractivity contribution >= 4 is 6.08 Å². The monoisotopic (exact) mass is 446 g/mol. The zero-order valence-electron chi connectivity index (χ0n) is 22.1. The van der Waals surface area contributed by atoms with Crippen molar-refractivity contribution in [3.63, 3.8) is 0 Å². The van der Waals surface area contributed by atoms with E-state index >= 15 is 0 Å². The summed E-state index contributed by atoms with van der Waals surface area (Å²) >= 11 is 0. The maximum absolute atomic E-state index is 10.8. The van der Waals surface area contributed by atoms with E-state index in [4.69, 9.17) is 0 Å². The van der Waals surface area contributed by atoms with Crippen LogP contribution in [0.5, 0.6) is 11.5 Å². The molecule has 184 valence electrons. The van der Waals surface area contributed by atoms with E-state index < -0.39 is 5.60 Å². The normalized spacial score (nSPS) is 15.9. The Kier molecular flexibility index (Phi) is 11.9. The molecule has 3 heteroatoms. The Morgan fingerprint density at radius 1 is 0.719 bits per heavy atom. The molecule has 0 spiro atoms. The fourth-order valence-corrected chi connectivity index (χ4v) is 4.48. The molecule has 0 radical (unpaired) electrons. The van der Waals surface area contributed by atoms with Crippen LogP contribution in [0, 0.1) is 38.5 Å². The number of phenolic OH excluding ortho intramolecular Hbond substituents is 2. The molecule has 1 aromatic rings. The van der Waals surface area contributed by atoms with E-state index in [1.54, 1.807) is 32.9 Å². The van der Waals surface area contributed by atoms with E-state index in [0.29, 0.717) is 34.6 Å². The molecule has 0 aromatic heterocycles. The molecule has 0 amide bonds. The van der Waals surface area contributed by atoms with Gasteiger partial charge in [0, 0.05) is 11.1 Å². The van der Waals surface area contributed by atoms with Crippen molar-refractivity contribution in [1.29, 1.82) is 0 Å². The summed E-state index contributed by atoms with van der Waals surface area (Å²) in [6.07, 6.45) is 14.3. The van der Waals surface area contributed by atoms with Gasteiger partial charge in [0.15, 0.2) is 0 Å². The first-order valence-corrected chi connectivity index (χ1v) is 12.8. The molecule has 3 N–H and O–H groups in total. The van der Waals surface area contributed by atoms with E-state index in [1.165, 1.54) is 38.5 Å². The van der Waals surface area contributed by atoms with E-state index in [9.17, 15) is 15.3 Å². The SMILES string of the molecule is Cc1c(C)c(O)c(C=CC(C)(O)CCCC(C)CCCC(C)CCCC(C)C)c(C)c1O. The first-order valence-electron chi connectivity index (χ1n) is 12.8. The summed E-state index contributed by atoms with van der Waals surface area (Å²) in [5.41, 5.74) is 1.67. The van der Waals surface area contributed by atoms with Crippen LogP contribution in [-0.4, -0.2) is 20.9 Å². The minimum atomic E-state index is -0.933. The van der Waals surface area contributed by atoms with Gasteiger partial charge in [-0.1, -0.05) is 91.2 Å². The highest BCUT2D eigenvalue weighted by molar-refractivity contribution is 5.69. The van der Waals surface area contributed by atoms with Crippen LogP contribution in [0.2, 0.25) is 0 Å². The van der Waals surface area contributed by atoms with Crippen LogP contribution >= 0.6 is 0 Å². The second-order valence-corrected chi connectivity index (χ2v) is 11.0. The summed E-state index contributed by atoms with van der Waals surface area (Å²) in [6.45, 7) is 16.5. The van der Waals surface area contributed by atoms with Gasteiger partial charge in [0.1, 0.15) is 11.5 Å². The number of aliphatic hydroxyl groups is 1. The zero-order chi connectivity index (χ0) is 24.5. The first-order chi connectivity index (χ1) is 14.9. The van der Waals surface area contributed by atoms with Gasteiger partial charge in [-0.2, -0.15) is 0 Å². The number of hydrogen-bond acceptors (Lipinski definition) is 3. The maximum Gasteiger partial charge on any atom is 0.126 e. The number of hydrogen-bond donors (Lipinski definition) is 3. The van der Waals surface area contributed by atoms with Crippen molar-refractivity contribution in [2.24, 2.45) is 17.8 Å². The van der Waals surface area contributed by atoms with Gasteiger partial charge in [-0.15, -0.1) is 0 Å². The van der Waals surface area contributed by atoms with Crippen molar-refractivity contribution in [1.82, 2.24) is 0 Å². The number of phenols is 2. The Bertz CT molecular complexity index is 701. The van der Waals surface area contributed by atoms with E-state index in [1.807, 2.05) is 6.92 Å². The van der Waals surface area contributed by atoms with Gasteiger partial charge in [0.2, 0.25) is 0 Å². The van der Waals surface area contributed by atoms with Crippen molar-refractivity contribution in [3.05, 3.63) is 28.3 Å². The lowest BCUT2D eigenvalue weighted by Crippen LogP contribution is -2.20. The van der Waals surface area contributed by atoms with Crippen LogP contribution in [-0.2, 0) is 0 Å². The molecule has 32 heavy (non-hydrogen) atoms. The highest BCUT2D eigenvalue weighted by Crippen LogP contribution is 2.37. The van der Waals surface area contributed by atoms with Crippen LogP contribution < -0.4 is 0 Å². The van der Waals surface area contributed by atoms with Crippen LogP contribution in [0.1, 0.15) is 115 Å². The Hall–Kier alpha value is -1.48. The molecule has 3 unspecified atom stereocenters. The van der Waals surface area contributed by atoms with Gasteiger partial charge in [-0.3, -0.25) is 0 Å². The predicted octanol–water partition coefficient (Wildman–Crippen LogP) is 8.23. The van der Waals surface area contributed by atoms with E-state index in [0.717, 1.165) is 24.7 Å². The van der Waals surface area contributed by atoms with Crippen molar-refractivity contribution in [2.45, 2.75) is 119 Å². The van der Waals surface area contributed by atoms with Gasteiger partial charge in [-0.25, -0.2) is 0 Å².